The maximum absolute atomic E-state index is 11.2. The molecule has 2 aromatic heterocycles. The molecular weight excluding hydrogens is 292 g/mol. The molecule has 120 valence electrons. The van der Waals surface area contributed by atoms with Gasteiger partial charge in [0, 0.05) is 25.0 Å². The largest absolute Gasteiger partial charge is 0.364 e. The van der Waals surface area contributed by atoms with Gasteiger partial charge in [0.25, 0.3) is 5.91 Å². The van der Waals surface area contributed by atoms with E-state index in [1.165, 1.54) is 6.33 Å². The van der Waals surface area contributed by atoms with Crippen LogP contribution >= 0.6 is 0 Å². The van der Waals surface area contributed by atoms with Crippen molar-refractivity contribution in [3.05, 3.63) is 42.4 Å². The molecule has 1 saturated heterocycles. The number of nitrogens with zero attached hydrogens (tertiary/aromatic N) is 5. The van der Waals surface area contributed by atoms with Crippen molar-refractivity contribution < 1.29 is 4.79 Å². The van der Waals surface area contributed by atoms with E-state index in [4.69, 9.17) is 5.73 Å². The Morgan fingerprint density at radius 2 is 2.13 bits per heavy atom. The van der Waals surface area contributed by atoms with E-state index in [0.29, 0.717) is 5.92 Å². The van der Waals surface area contributed by atoms with Gasteiger partial charge in [0.2, 0.25) is 0 Å². The van der Waals surface area contributed by atoms with Crippen LogP contribution in [0.1, 0.15) is 35.4 Å². The highest BCUT2D eigenvalue weighted by atomic mass is 16.1. The summed E-state index contributed by atoms with van der Waals surface area (Å²) in [5, 5.41) is 0. The van der Waals surface area contributed by atoms with Crippen LogP contribution in [0.2, 0.25) is 0 Å². The molecule has 3 rings (SSSR count). The van der Waals surface area contributed by atoms with Gasteiger partial charge in [-0.05, 0) is 43.7 Å². The van der Waals surface area contributed by atoms with Crippen LogP contribution in [-0.4, -0.2) is 38.9 Å². The van der Waals surface area contributed by atoms with Gasteiger partial charge in [0.05, 0.1) is 0 Å². The van der Waals surface area contributed by atoms with Gasteiger partial charge in [-0.25, -0.2) is 19.9 Å². The van der Waals surface area contributed by atoms with Gasteiger partial charge in [-0.1, -0.05) is 0 Å². The summed E-state index contributed by atoms with van der Waals surface area (Å²) in [6.45, 7) is 1.97. The Morgan fingerprint density at radius 1 is 1.22 bits per heavy atom. The van der Waals surface area contributed by atoms with Crippen molar-refractivity contribution in [2.45, 2.75) is 25.7 Å². The quantitative estimate of drug-likeness (QED) is 0.911. The minimum absolute atomic E-state index is 0.284. The number of aromatic nitrogens is 4. The molecule has 0 aromatic carbocycles. The molecule has 0 spiro atoms. The lowest BCUT2D eigenvalue weighted by atomic mass is 9.95. The fourth-order valence-electron chi connectivity index (χ4n) is 3.01. The minimum atomic E-state index is -0.510. The average Bonchev–Trinajstić information content (AvgIpc) is 2.81. The first-order valence-corrected chi connectivity index (χ1v) is 7.84. The number of amides is 1. The average molecular weight is 312 g/mol. The Kier molecular flexibility index (Phi) is 4.75. The molecule has 2 N–H and O–H groups in total. The van der Waals surface area contributed by atoms with Gasteiger partial charge in [-0.15, -0.1) is 0 Å². The Labute approximate surface area is 135 Å². The van der Waals surface area contributed by atoms with Crippen LogP contribution in [0.3, 0.4) is 0 Å². The number of hydrogen-bond donors (Lipinski definition) is 1. The molecule has 1 amide bonds. The van der Waals surface area contributed by atoms with E-state index in [-0.39, 0.29) is 5.69 Å². The highest BCUT2D eigenvalue weighted by molar-refractivity contribution is 5.90. The molecule has 2 aromatic rings. The van der Waals surface area contributed by atoms with Crippen molar-refractivity contribution in [2.75, 3.05) is 18.0 Å². The SMILES string of the molecule is NC(=O)c1cc(C[C@H]2CCCN(c3ccncn3)CC2)ncn1. The van der Waals surface area contributed by atoms with E-state index in [0.717, 1.165) is 50.3 Å². The number of nitrogens with two attached hydrogens (primary N) is 1. The van der Waals surface area contributed by atoms with E-state index in [2.05, 4.69) is 24.8 Å². The Balaban J connectivity index is 1.62. The van der Waals surface area contributed by atoms with Gasteiger partial charge in [0.15, 0.2) is 0 Å². The zero-order valence-corrected chi connectivity index (χ0v) is 12.9. The monoisotopic (exact) mass is 312 g/mol. The highest BCUT2D eigenvalue weighted by Crippen LogP contribution is 2.23. The van der Waals surface area contributed by atoms with Crippen molar-refractivity contribution in [3.63, 3.8) is 0 Å². The molecule has 0 bridgehead atoms. The summed E-state index contributed by atoms with van der Waals surface area (Å²) in [6, 6.07) is 3.65. The molecule has 7 heteroatoms. The molecule has 23 heavy (non-hydrogen) atoms. The first-order chi connectivity index (χ1) is 11.2. The van der Waals surface area contributed by atoms with Crippen LogP contribution in [-0.2, 0) is 6.42 Å². The lowest BCUT2D eigenvalue weighted by Crippen LogP contribution is -2.25. The lowest BCUT2D eigenvalue weighted by molar-refractivity contribution is 0.0995. The second kappa shape index (κ2) is 7.13. The summed E-state index contributed by atoms with van der Waals surface area (Å²) in [4.78, 5) is 30.0. The third-order valence-electron chi connectivity index (χ3n) is 4.21. The van der Waals surface area contributed by atoms with Crippen LogP contribution in [0.15, 0.2) is 31.0 Å². The van der Waals surface area contributed by atoms with Crippen molar-refractivity contribution in [1.29, 1.82) is 0 Å². The fourth-order valence-corrected chi connectivity index (χ4v) is 3.01. The van der Waals surface area contributed by atoms with Crippen LogP contribution in [0.4, 0.5) is 5.82 Å². The molecule has 7 nitrogen and oxygen atoms in total. The maximum atomic E-state index is 11.2. The van der Waals surface area contributed by atoms with Gasteiger partial charge >= 0.3 is 0 Å². The van der Waals surface area contributed by atoms with Crippen LogP contribution in [0.5, 0.6) is 0 Å². The van der Waals surface area contributed by atoms with Crippen LogP contribution < -0.4 is 10.6 Å². The topological polar surface area (TPSA) is 97.9 Å². The van der Waals surface area contributed by atoms with E-state index < -0.39 is 5.91 Å². The van der Waals surface area contributed by atoms with E-state index in [1.54, 1.807) is 18.6 Å². The molecule has 1 aliphatic rings. The zero-order chi connectivity index (χ0) is 16.1. The summed E-state index contributed by atoms with van der Waals surface area (Å²) >= 11 is 0. The predicted octanol–water partition coefficient (Wildman–Crippen LogP) is 1.21. The van der Waals surface area contributed by atoms with Gasteiger partial charge in [0.1, 0.15) is 24.2 Å². The van der Waals surface area contributed by atoms with E-state index >= 15 is 0 Å². The molecular formula is C16H20N6O. The number of carbonyl (C=O) groups excluding carboxylic acids is 1. The summed E-state index contributed by atoms with van der Waals surface area (Å²) < 4.78 is 0. The number of rotatable bonds is 4. The Bertz CT molecular complexity index is 663. The van der Waals surface area contributed by atoms with Gasteiger partial charge in [-0.3, -0.25) is 4.79 Å². The zero-order valence-electron chi connectivity index (χ0n) is 12.9. The molecule has 0 saturated carbocycles. The van der Waals surface area contributed by atoms with Crippen molar-refractivity contribution >= 4 is 11.7 Å². The molecule has 1 atom stereocenters. The maximum Gasteiger partial charge on any atom is 0.267 e. The molecule has 0 aliphatic carbocycles. The van der Waals surface area contributed by atoms with Crippen LogP contribution in [0.25, 0.3) is 0 Å². The Hall–Kier alpha value is -2.57. The van der Waals surface area contributed by atoms with Crippen LogP contribution in [0, 0.1) is 5.92 Å². The van der Waals surface area contributed by atoms with Crippen molar-refractivity contribution in [3.8, 4) is 0 Å². The summed E-state index contributed by atoms with van der Waals surface area (Å²) in [6.07, 6.45) is 8.94. The summed E-state index contributed by atoms with van der Waals surface area (Å²) in [5.41, 5.74) is 6.44. The second-order valence-electron chi connectivity index (χ2n) is 5.81. The van der Waals surface area contributed by atoms with Crippen molar-refractivity contribution in [1.82, 2.24) is 19.9 Å². The van der Waals surface area contributed by atoms with Crippen molar-refractivity contribution in [2.24, 2.45) is 11.7 Å². The number of primary amides is 1. The predicted molar refractivity (Wildman–Crippen MR) is 85.8 cm³/mol. The van der Waals surface area contributed by atoms with Gasteiger partial charge in [-0.2, -0.15) is 0 Å². The standard InChI is InChI=1S/C16H20N6O/c17-16(23)14-9-13(19-11-20-14)8-12-2-1-6-22(7-4-12)15-3-5-18-10-21-15/h3,5,9-12H,1-2,4,6-8H2,(H2,17,23)/t12-/m0/s1. The molecule has 1 aliphatic heterocycles. The minimum Gasteiger partial charge on any atom is -0.364 e. The third-order valence-corrected chi connectivity index (χ3v) is 4.21. The molecule has 0 radical (unpaired) electrons. The first kappa shape index (κ1) is 15.3. The Morgan fingerprint density at radius 3 is 2.91 bits per heavy atom. The normalized spacial score (nSPS) is 18.4. The smallest absolute Gasteiger partial charge is 0.267 e. The number of hydrogen-bond acceptors (Lipinski definition) is 6. The second-order valence-corrected chi connectivity index (χ2v) is 5.81. The fraction of sp³-hybridized carbons (Fsp3) is 0.438. The summed E-state index contributed by atoms with van der Waals surface area (Å²) in [7, 11) is 0. The molecule has 0 unspecified atom stereocenters. The van der Waals surface area contributed by atoms with E-state index in [9.17, 15) is 4.79 Å². The molecule has 1 fully saturated rings. The third kappa shape index (κ3) is 4.00. The number of anilines is 1. The first-order valence-electron chi connectivity index (χ1n) is 7.84. The highest BCUT2D eigenvalue weighted by Gasteiger charge is 2.19. The summed E-state index contributed by atoms with van der Waals surface area (Å²) in [5.74, 6) is 1.01. The lowest BCUT2D eigenvalue weighted by Gasteiger charge is -2.21. The molecule has 3 heterocycles. The number of carbonyl (C=O) groups is 1. The van der Waals surface area contributed by atoms with Gasteiger partial charge < -0.3 is 10.6 Å². The van der Waals surface area contributed by atoms with E-state index in [1.807, 2.05) is 6.07 Å².